The fraction of sp³-hybridized carbons (Fsp3) is 0.235. The van der Waals surface area contributed by atoms with E-state index in [1.165, 1.54) is 18.7 Å². The summed E-state index contributed by atoms with van der Waals surface area (Å²) < 4.78 is 10.7. The normalized spacial score (nSPS) is 12.5. The second-order valence-electron chi connectivity index (χ2n) is 5.11. The summed E-state index contributed by atoms with van der Waals surface area (Å²) in [7, 11) is 3.05. The van der Waals surface area contributed by atoms with Gasteiger partial charge in [0.05, 0.1) is 19.8 Å². The molecule has 0 saturated heterocycles. The van der Waals surface area contributed by atoms with Crippen LogP contribution in [0.2, 0.25) is 0 Å². The maximum absolute atomic E-state index is 11.3. The standard InChI is InChI=1S/C17H17NO4/c1-21-15-9-12(17(19)20)8-13(16(15)22-2)10-3-4-14-11(7-10)5-6-18-14/h3-4,7-9,18H,5-6H2,1-2H3,(H,19,20). The predicted molar refractivity (Wildman–Crippen MR) is 84.1 cm³/mol. The van der Waals surface area contributed by atoms with Gasteiger partial charge in [0.2, 0.25) is 0 Å². The highest BCUT2D eigenvalue weighted by atomic mass is 16.5. The minimum atomic E-state index is -0.995. The van der Waals surface area contributed by atoms with Crippen molar-refractivity contribution in [3.8, 4) is 22.6 Å². The van der Waals surface area contributed by atoms with Crippen molar-refractivity contribution in [3.63, 3.8) is 0 Å². The van der Waals surface area contributed by atoms with Gasteiger partial charge in [0.25, 0.3) is 0 Å². The van der Waals surface area contributed by atoms with Crippen molar-refractivity contribution < 1.29 is 19.4 Å². The molecule has 3 rings (SSSR count). The third-order valence-electron chi connectivity index (χ3n) is 3.85. The van der Waals surface area contributed by atoms with Gasteiger partial charge in [-0.05, 0) is 41.8 Å². The quantitative estimate of drug-likeness (QED) is 0.908. The average molecular weight is 299 g/mol. The molecular formula is C17H17NO4. The van der Waals surface area contributed by atoms with Crippen molar-refractivity contribution in [1.82, 2.24) is 0 Å². The Bertz CT molecular complexity index is 740. The first-order valence-corrected chi connectivity index (χ1v) is 7.00. The number of fused-ring (bicyclic) bond motifs is 1. The van der Waals surface area contributed by atoms with Gasteiger partial charge in [0, 0.05) is 17.8 Å². The van der Waals surface area contributed by atoms with Crippen LogP contribution in [0.1, 0.15) is 15.9 Å². The van der Waals surface area contributed by atoms with Crippen molar-refractivity contribution in [1.29, 1.82) is 0 Å². The second kappa shape index (κ2) is 5.60. The lowest BCUT2D eigenvalue weighted by atomic mass is 9.98. The molecule has 22 heavy (non-hydrogen) atoms. The number of anilines is 1. The van der Waals surface area contributed by atoms with Crippen LogP contribution in [0.5, 0.6) is 11.5 Å². The molecule has 1 aliphatic rings. The van der Waals surface area contributed by atoms with E-state index in [2.05, 4.69) is 11.4 Å². The van der Waals surface area contributed by atoms with Crippen LogP contribution in [0.4, 0.5) is 5.69 Å². The highest BCUT2D eigenvalue weighted by Gasteiger charge is 2.19. The first kappa shape index (κ1) is 14.3. The van der Waals surface area contributed by atoms with Gasteiger partial charge in [-0.1, -0.05) is 6.07 Å². The minimum Gasteiger partial charge on any atom is -0.493 e. The van der Waals surface area contributed by atoms with Crippen LogP contribution in [0.3, 0.4) is 0 Å². The molecule has 2 aromatic rings. The van der Waals surface area contributed by atoms with Crippen molar-refractivity contribution in [2.24, 2.45) is 0 Å². The maximum Gasteiger partial charge on any atom is 0.335 e. The van der Waals surface area contributed by atoms with Crippen LogP contribution in [-0.4, -0.2) is 31.8 Å². The molecule has 1 aliphatic heterocycles. The monoisotopic (exact) mass is 299 g/mol. The number of carbonyl (C=O) groups is 1. The smallest absolute Gasteiger partial charge is 0.335 e. The summed E-state index contributed by atoms with van der Waals surface area (Å²) in [4.78, 5) is 11.3. The zero-order valence-corrected chi connectivity index (χ0v) is 12.5. The van der Waals surface area contributed by atoms with Crippen LogP contribution in [-0.2, 0) is 6.42 Å². The molecule has 0 saturated carbocycles. The van der Waals surface area contributed by atoms with Gasteiger partial charge < -0.3 is 19.9 Å². The predicted octanol–water partition coefficient (Wildman–Crippen LogP) is 3.04. The van der Waals surface area contributed by atoms with Gasteiger partial charge in [-0.25, -0.2) is 4.79 Å². The molecule has 0 fully saturated rings. The van der Waals surface area contributed by atoms with Crippen LogP contribution < -0.4 is 14.8 Å². The summed E-state index contributed by atoms with van der Waals surface area (Å²) in [6.07, 6.45) is 0.960. The van der Waals surface area contributed by atoms with Gasteiger partial charge in [-0.15, -0.1) is 0 Å². The van der Waals surface area contributed by atoms with E-state index >= 15 is 0 Å². The Kier molecular flexibility index (Phi) is 3.63. The summed E-state index contributed by atoms with van der Waals surface area (Å²) in [5, 5.41) is 12.6. The molecule has 0 aliphatic carbocycles. The van der Waals surface area contributed by atoms with Crippen molar-refractivity contribution in [3.05, 3.63) is 41.5 Å². The number of hydrogen-bond donors (Lipinski definition) is 2. The van der Waals surface area contributed by atoms with E-state index in [1.54, 1.807) is 13.2 Å². The van der Waals surface area contributed by atoms with Crippen molar-refractivity contribution >= 4 is 11.7 Å². The number of carboxylic acids is 1. The Morgan fingerprint density at radius 3 is 2.68 bits per heavy atom. The molecule has 0 aromatic heterocycles. The molecule has 0 amide bonds. The van der Waals surface area contributed by atoms with Crippen LogP contribution in [0.25, 0.3) is 11.1 Å². The largest absolute Gasteiger partial charge is 0.493 e. The van der Waals surface area contributed by atoms with Gasteiger partial charge in [0.1, 0.15) is 0 Å². The Balaban J connectivity index is 2.19. The first-order valence-electron chi connectivity index (χ1n) is 7.00. The molecule has 1 heterocycles. The third-order valence-corrected chi connectivity index (χ3v) is 3.85. The van der Waals surface area contributed by atoms with E-state index in [0.29, 0.717) is 17.1 Å². The number of methoxy groups -OCH3 is 2. The summed E-state index contributed by atoms with van der Waals surface area (Å²) in [6, 6.07) is 9.13. The maximum atomic E-state index is 11.3. The lowest BCUT2D eigenvalue weighted by Crippen LogP contribution is -2.01. The zero-order chi connectivity index (χ0) is 15.7. The summed E-state index contributed by atoms with van der Waals surface area (Å²) in [5.74, 6) is -0.0422. The first-order chi connectivity index (χ1) is 10.6. The SMILES string of the molecule is COc1cc(C(=O)O)cc(-c2ccc3c(c2)CCN3)c1OC. The van der Waals surface area contributed by atoms with Gasteiger partial charge in [-0.3, -0.25) is 0 Å². The van der Waals surface area contributed by atoms with E-state index < -0.39 is 5.97 Å². The van der Waals surface area contributed by atoms with E-state index in [-0.39, 0.29) is 5.56 Å². The van der Waals surface area contributed by atoms with E-state index in [9.17, 15) is 9.90 Å². The summed E-state index contributed by atoms with van der Waals surface area (Å²) in [6.45, 7) is 0.925. The van der Waals surface area contributed by atoms with Crippen LogP contribution in [0.15, 0.2) is 30.3 Å². The molecule has 0 unspecified atom stereocenters. The van der Waals surface area contributed by atoms with Crippen molar-refractivity contribution in [2.75, 3.05) is 26.1 Å². The number of carboxylic acid groups (broad SMARTS) is 1. The highest BCUT2D eigenvalue weighted by molar-refractivity contribution is 5.92. The average Bonchev–Trinajstić information content (AvgIpc) is 3.00. The molecule has 2 aromatic carbocycles. The molecule has 114 valence electrons. The molecule has 5 heteroatoms. The summed E-state index contributed by atoms with van der Waals surface area (Å²) in [5.41, 5.74) is 4.16. The number of aromatic carboxylic acids is 1. The second-order valence-corrected chi connectivity index (χ2v) is 5.11. The van der Waals surface area contributed by atoms with Crippen LogP contribution in [0, 0.1) is 0 Å². The zero-order valence-electron chi connectivity index (χ0n) is 12.5. The minimum absolute atomic E-state index is 0.172. The van der Waals surface area contributed by atoms with Crippen LogP contribution >= 0.6 is 0 Å². The number of rotatable bonds is 4. The molecule has 2 N–H and O–H groups in total. The lowest BCUT2D eigenvalue weighted by Gasteiger charge is -2.15. The molecule has 5 nitrogen and oxygen atoms in total. The molecule has 0 radical (unpaired) electrons. The Labute approximate surface area is 128 Å². The number of benzene rings is 2. The number of ether oxygens (including phenoxy) is 2. The molecule has 0 atom stereocenters. The Morgan fingerprint density at radius 2 is 2.00 bits per heavy atom. The van der Waals surface area contributed by atoms with Gasteiger partial charge >= 0.3 is 5.97 Å². The van der Waals surface area contributed by atoms with Gasteiger partial charge in [0.15, 0.2) is 11.5 Å². The molecule has 0 bridgehead atoms. The van der Waals surface area contributed by atoms with Gasteiger partial charge in [-0.2, -0.15) is 0 Å². The lowest BCUT2D eigenvalue weighted by molar-refractivity contribution is 0.0696. The Hall–Kier alpha value is -2.69. The third kappa shape index (κ3) is 2.35. The van der Waals surface area contributed by atoms with E-state index in [4.69, 9.17) is 9.47 Å². The Morgan fingerprint density at radius 1 is 1.18 bits per heavy atom. The molecule has 0 spiro atoms. The van der Waals surface area contributed by atoms with E-state index in [0.717, 1.165) is 24.2 Å². The fourth-order valence-electron chi connectivity index (χ4n) is 2.77. The molecular weight excluding hydrogens is 282 g/mol. The number of nitrogens with one attached hydrogen (secondary N) is 1. The highest BCUT2D eigenvalue weighted by Crippen LogP contribution is 2.40. The van der Waals surface area contributed by atoms with Crippen molar-refractivity contribution in [2.45, 2.75) is 6.42 Å². The summed E-state index contributed by atoms with van der Waals surface area (Å²) >= 11 is 0. The fourth-order valence-corrected chi connectivity index (χ4v) is 2.77. The number of hydrogen-bond acceptors (Lipinski definition) is 4. The topological polar surface area (TPSA) is 67.8 Å². The van der Waals surface area contributed by atoms with E-state index in [1.807, 2.05) is 12.1 Å².